The first-order chi connectivity index (χ1) is 10.1. The minimum absolute atomic E-state index is 0.0919. The Morgan fingerprint density at radius 3 is 2.00 bits per heavy atom. The first-order valence-corrected chi connectivity index (χ1v) is 7.84. The summed E-state index contributed by atoms with van der Waals surface area (Å²) in [5, 5.41) is 0. The lowest BCUT2D eigenvalue weighted by Crippen LogP contribution is -2.38. The van der Waals surface area contributed by atoms with E-state index >= 15 is 0 Å². The molecule has 1 heterocycles. The summed E-state index contributed by atoms with van der Waals surface area (Å²) in [6.45, 7) is 8.26. The van der Waals surface area contributed by atoms with Gasteiger partial charge in [-0.2, -0.15) is 0 Å². The van der Waals surface area contributed by atoms with Crippen LogP contribution in [0.15, 0.2) is 0 Å². The van der Waals surface area contributed by atoms with Gasteiger partial charge in [0, 0.05) is 33.0 Å². The molecular weight excluding hydrogens is 284 g/mol. The van der Waals surface area contributed by atoms with Crippen LogP contribution >= 0.6 is 0 Å². The number of hydrogen-bond donors (Lipinski definition) is 0. The SMILES string of the molecule is CC(=O)N(C)C(=O)C1C[C@@H]2CN(C(=O)OC(C)(C)C)C[C@@H]2C1. The zero-order chi connectivity index (χ0) is 16.7. The smallest absolute Gasteiger partial charge is 0.410 e. The number of nitrogens with zero attached hydrogens (tertiary/aromatic N) is 2. The van der Waals surface area contributed by atoms with Gasteiger partial charge >= 0.3 is 6.09 Å². The van der Waals surface area contributed by atoms with Gasteiger partial charge in [0.25, 0.3) is 0 Å². The van der Waals surface area contributed by atoms with Gasteiger partial charge in [0.2, 0.25) is 11.8 Å². The van der Waals surface area contributed by atoms with Crippen LogP contribution in [0.25, 0.3) is 0 Å². The molecule has 0 spiro atoms. The van der Waals surface area contributed by atoms with Gasteiger partial charge in [-0.05, 0) is 45.4 Å². The van der Waals surface area contributed by atoms with E-state index in [2.05, 4.69) is 0 Å². The molecular formula is C16H26N2O4. The highest BCUT2D eigenvalue weighted by Gasteiger charge is 2.46. The molecule has 0 aromatic heterocycles. The number of hydrogen-bond acceptors (Lipinski definition) is 4. The molecule has 1 saturated carbocycles. The van der Waals surface area contributed by atoms with Crippen LogP contribution in [0.3, 0.4) is 0 Å². The number of carbonyl (C=O) groups excluding carboxylic acids is 3. The lowest BCUT2D eigenvalue weighted by atomic mass is 10.0. The summed E-state index contributed by atoms with van der Waals surface area (Å²) in [7, 11) is 1.53. The Kier molecular flexibility index (Phi) is 4.49. The van der Waals surface area contributed by atoms with Gasteiger partial charge in [-0.25, -0.2) is 4.79 Å². The number of carbonyl (C=O) groups is 3. The molecule has 1 aliphatic heterocycles. The van der Waals surface area contributed by atoms with Crippen LogP contribution in [-0.2, 0) is 14.3 Å². The van der Waals surface area contributed by atoms with Crippen LogP contribution in [0.4, 0.5) is 4.79 Å². The molecule has 0 bridgehead atoms. The summed E-state index contributed by atoms with van der Waals surface area (Å²) in [5.74, 6) is 0.261. The predicted molar refractivity (Wildman–Crippen MR) is 81.0 cm³/mol. The molecule has 3 amide bonds. The van der Waals surface area contributed by atoms with Gasteiger partial charge in [-0.3, -0.25) is 14.5 Å². The topological polar surface area (TPSA) is 66.9 Å². The van der Waals surface area contributed by atoms with Crippen LogP contribution in [0, 0.1) is 17.8 Å². The minimum Gasteiger partial charge on any atom is -0.444 e. The van der Waals surface area contributed by atoms with Crippen molar-refractivity contribution in [1.82, 2.24) is 9.80 Å². The van der Waals surface area contributed by atoms with Crippen molar-refractivity contribution in [2.45, 2.75) is 46.1 Å². The molecule has 6 nitrogen and oxygen atoms in total. The molecule has 0 aromatic carbocycles. The number of imide groups is 1. The molecule has 2 fully saturated rings. The average molecular weight is 310 g/mol. The molecule has 1 unspecified atom stereocenters. The fourth-order valence-electron chi connectivity index (χ4n) is 3.41. The van der Waals surface area contributed by atoms with Crippen molar-refractivity contribution < 1.29 is 19.1 Å². The predicted octanol–water partition coefficient (Wildman–Crippen LogP) is 1.88. The molecule has 124 valence electrons. The Morgan fingerprint density at radius 1 is 1.09 bits per heavy atom. The van der Waals surface area contributed by atoms with Crippen molar-refractivity contribution in [3.63, 3.8) is 0 Å². The maximum absolute atomic E-state index is 12.2. The number of fused-ring (bicyclic) bond motifs is 1. The first-order valence-electron chi connectivity index (χ1n) is 7.84. The highest BCUT2D eigenvalue weighted by molar-refractivity contribution is 5.95. The molecule has 3 atom stereocenters. The summed E-state index contributed by atoms with van der Waals surface area (Å²) in [4.78, 5) is 38.6. The summed E-state index contributed by atoms with van der Waals surface area (Å²) in [6, 6.07) is 0. The standard InChI is InChI=1S/C16H26N2O4/c1-10(19)17(5)14(20)11-6-12-8-18(9-13(12)7-11)15(21)22-16(2,3)4/h11-13H,6-9H2,1-5H3/t11?,12-,13+. The third kappa shape index (κ3) is 3.59. The second kappa shape index (κ2) is 5.89. The minimum atomic E-state index is -0.489. The van der Waals surface area contributed by atoms with Crippen molar-refractivity contribution in [2.75, 3.05) is 20.1 Å². The zero-order valence-electron chi connectivity index (χ0n) is 14.1. The van der Waals surface area contributed by atoms with Crippen LogP contribution in [0.1, 0.15) is 40.5 Å². The fourth-order valence-corrected chi connectivity index (χ4v) is 3.41. The Labute approximate surface area is 131 Å². The third-order valence-corrected chi connectivity index (χ3v) is 4.55. The van der Waals surface area contributed by atoms with Crippen molar-refractivity contribution in [2.24, 2.45) is 17.8 Å². The molecule has 0 radical (unpaired) electrons. The van der Waals surface area contributed by atoms with Gasteiger partial charge < -0.3 is 9.64 Å². The average Bonchev–Trinajstić information content (AvgIpc) is 2.92. The van der Waals surface area contributed by atoms with Crippen LogP contribution in [-0.4, -0.2) is 53.4 Å². The van der Waals surface area contributed by atoms with Gasteiger partial charge in [0.1, 0.15) is 5.60 Å². The van der Waals surface area contributed by atoms with Crippen LogP contribution in [0.2, 0.25) is 0 Å². The van der Waals surface area contributed by atoms with Crippen molar-refractivity contribution in [3.05, 3.63) is 0 Å². The number of ether oxygens (including phenoxy) is 1. The van der Waals surface area contributed by atoms with Gasteiger partial charge in [-0.1, -0.05) is 0 Å². The van der Waals surface area contributed by atoms with Crippen molar-refractivity contribution >= 4 is 17.9 Å². The molecule has 1 aliphatic carbocycles. The van der Waals surface area contributed by atoms with Crippen molar-refractivity contribution in [3.8, 4) is 0 Å². The largest absolute Gasteiger partial charge is 0.444 e. The molecule has 2 aliphatic rings. The lowest BCUT2D eigenvalue weighted by molar-refractivity contribution is -0.144. The van der Waals surface area contributed by atoms with Gasteiger partial charge in [0.15, 0.2) is 0 Å². The molecule has 6 heteroatoms. The Balaban J connectivity index is 1.89. The second-order valence-corrected chi connectivity index (χ2v) is 7.49. The van der Waals surface area contributed by atoms with E-state index in [1.165, 1.54) is 18.9 Å². The highest BCUT2D eigenvalue weighted by Crippen LogP contribution is 2.42. The molecule has 1 saturated heterocycles. The maximum atomic E-state index is 12.2. The molecule has 22 heavy (non-hydrogen) atoms. The van der Waals surface area contributed by atoms with E-state index in [0.717, 1.165) is 12.8 Å². The second-order valence-electron chi connectivity index (χ2n) is 7.49. The van der Waals surface area contributed by atoms with E-state index in [4.69, 9.17) is 4.74 Å². The van der Waals surface area contributed by atoms with E-state index in [1.807, 2.05) is 20.8 Å². The number of likely N-dealkylation sites (tertiary alicyclic amines) is 1. The van der Waals surface area contributed by atoms with Crippen LogP contribution < -0.4 is 0 Å². The normalized spacial score (nSPS) is 27.5. The molecule has 2 rings (SSSR count). The van der Waals surface area contributed by atoms with E-state index < -0.39 is 5.60 Å². The Bertz CT molecular complexity index is 469. The monoisotopic (exact) mass is 310 g/mol. The van der Waals surface area contributed by atoms with E-state index in [-0.39, 0.29) is 23.8 Å². The van der Waals surface area contributed by atoms with E-state index in [9.17, 15) is 14.4 Å². The number of amides is 3. The van der Waals surface area contributed by atoms with Crippen LogP contribution in [0.5, 0.6) is 0 Å². The summed E-state index contributed by atoms with van der Waals surface area (Å²) in [5.41, 5.74) is -0.489. The fraction of sp³-hybridized carbons (Fsp3) is 0.812. The van der Waals surface area contributed by atoms with Crippen molar-refractivity contribution in [1.29, 1.82) is 0 Å². The summed E-state index contributed by atoms with van der Waals surface area (Å²) >= 11 is 0. The third-order valence-electron chi connectivity index (χ3n) is 4.55. The molecule has 0 aromatic rings. The van der Waals surface area contributed by atoms with Gasteiger partial charge in [0.05, 0.1) is 0 Å². The number of rotatable bonds is 1. The zero-order valence-corrected chi connectivity index (χ0v) is 14.1. The van der Waals surface area contributed by atoms with E-state index in [0.29, 0.717) is 24.9 Å². The quantitative estimate of drug-likeness (QED) is 0.742. The highest BCUT2D eigenvalue weighted by atomic mass is 16.6. The Morgan fingerprint density at radius 2 is 1.59 bits per heavy atom. The lowest BCUT2D eigenvalue weighted by Gasteiger charge is -2.25. The summed E-state index contributed by atoms with van der Waals surface area (Å²) < 4.78 is 5.40. The molecule has 0 N–H and O–H groups in total. The first kappa shape index (κ1) is 16.8. The van der Waals surface area contributed by atoms with E-state index in [1.54, 1.807) is 4.90 Å². The summed E-state index contributed by atoms with van der Waals surface area (Å²) in [6.07, 6.45) is 1.23. The van der Waals surface area contributed by atoms with Gasteiger partial charge in [-0.15, -0.1) is 0 Å². The Hall–Kier alpha value is -1.59. The maximum Gasteiger partial charge on any atom is 0.410 e.